The van der Waals surface area contributed by atoms with Crippen LogP contribution in [0, 0.1) is 0 Å². The number of likely N-dealkylation sites (N-methyl/N-ethyl adjacent to an activating group) is 1. The maximum Gasteiger partial charge on any atom is 0.0693 e. The smallest absolute Gasteiger partial charge is 0.0693 e. The van der Waals surface area contributed by atoms with Crippen LogP contribution in [0.25, 0.3) is 0 Å². The number of hydrogen-bond acceptors (Lipinski definition) is 3. The van der Waals surface area contributed by atoms with E-state index in [0.717, 1.165) is 19.4 Å². The Labute approximate surface area is 86.5 Å². The summed E-state index contributed by atoms with van der Waals surface area (Å²) in [5, 5.41) is 13.4. The number of rotatable bonds is 2. The topological polar surface area (TPSA) is 35.5 Å². The highest BCUT2D eigenvalue weighted by Gasteiger charge is 2.27. The second-order valence-electron chi connectivity index (χ2n) is 4.87. The van der Waals surface area contributed by atoms with E-state index in [0.29, 0.717) is 12.1 Å². The van der Waals surface area contributed by atoms with Gasteiger partial charge in [-0.2, -0.15) is 0 Å². The van der Waals surface area contributed by atoms with E-state index in [9.17, 15) is 5.11 Å². The Morgan fingerprint density at radius 1 is 1.21 bits per heavy atom. The van der Waals surface area contributed by atoms with E-state index in [1.54, 1.807) is 0 Å². The fraction of sp³-hybridized carbons (Fsp3) is 1.00. The lowest BCUT2D eigenvalue weighted by molar-refractivity contribution is 0.0854. The summed E-state index contributed by atoms with van der Waals surface area (Å²) in [6.45, 7) is 2.34. The van der Waals surface area contributed by atoms with Gasteiger partial charge in [-0.05, 0) is 32.9 Å². The highest BCUT2D eigenvalue weighted by Crippen LogP contribution is 2.20. The quantitative estimate of drug-likeness (QED) is 0.681. The number of likely N-dealkylation sites (tertiary alicyclic amines) is 1. The third kappa shape index (κ3) is 2.47. The first-order valence-electron chi connectivity index (χ1n) is 5.88. The van der Waals surface area contributed by atoms with Crippen LogP contribution < -0.4 is 5.32 Å². The third-order valence-corrected chi connectivity index (χ3v) is 3.57. The molecule has 2 rings (SSSR count). The molecule has 0 aromatic heterocycles. The molecule has 0 radical (unpaired) electrons. The number of aliphatic hydroxyl groups excluding tert-OH is 1. The van der Waals surface area contributed by atoms with Crippen molar-refractivity contribution in [2.45, 2.75) is 50.3 Å². The molecule has 3 atom stereocenters. The summed E-state index contributed by atoms with van der Waals surface area (Å²) in [5.41, 5.74) is 0. The first-order valence-corrected chi connectivity index (χ1v) is 5.88. The minimum absolute atomic E-state index is 0.102. The monoisotopic (exact) mass is 198 g/mol. The van der Waals surface area contributed by atoms with Gasteiger partial charge >= 0.3 is 0 Å². The van der Waals surface area contributed by atoms with E-state index in [1.165, 1.54) is 25.8 Å². The van der Waals surface area contributed by atoms with Crippen molar-refractivity contribution in [2.75, 3.05) is 20.1 Å². The van der Waals surface area contributed by atoms with E-state index in [1.807, 2.05) is 0 Å². The SMILES string of the molecule is CN1CCC(NC2CCCCC2O)C1. The molecule has 3 heteroatoms. The van der Waals surface area contributed by atoms with Gasteiger partial charge < -0.3 is 15.3 Å². The summed E-state index contributed by atoms with van der Waals surface area (Å²) in [7, 11) is 2.17. The molecule has 2 fully saturated rings. The van der Waals surface area contributed by atoms with Crippen LogP contribution >= 0.6 is 0 Å². The van der Waals surface area contributed by atoms with Gasteiger partial charge in [-0.3, -0.25) is 0 Å². The zero-order valence-electron chi connectivity index (χ0n) is 9.08. The van der Waals surface area contributed by atoms with Crippen LogP contribution in [0.3, 0.4) is 0 Å². The normalized spacial score (nSPS) is 40.3. The Bertz CT molecular complexity index is 186. The van der Waals surface area contributed by atoms with Crippen molar-refractivity contribution in [3.63, 3.8) is 0 Å². The maximum absolute atomic E-state index is 9.82. The van der Waals surface area contributed by atoms with Crippen LogP contribution in [0.15, 0.2) is 0 Å². The van der Waals surface area contributed by atoms with Gasteiger partial charge in [0.2, 0.25) is 0 Å². The average Bonchev–Trinajstić information content (AvgIpc) is 2.56. The molecule has 0 aromatic carbocycles. The highest BCUT2D eigenvalue weighted by molar-refractivity contribution is 4.87. The lowest BCUT2D eigenvalue weighted by atomic mass is 9.92. The number of hydrogen-bond donors (Lipinski definition) is 2. The molecule has 0 amide bonds. The molecule has 0 spiro atoms. The molecule has 3 unspecified atom stereocenters. The summed E-state index contributed by atoms with van der Waals surface area (Å²) in [6.07, 6.45) is 5.75. The lowest BCUT2D eigenvalue weighted by Crippen LogP contribution is -2.47. The van der Waals surface area contributed by atoms with Gasteiger partial charge in [0.15, 0.2) is 0 Å². The second-order valence-corrected chi connectivity index (χ2v) is 4.87. The van der Waals surface area contributed by atoms with E-state index >= 15 is 0 Å². The maximum atomic E-state index is 9.82. The number of aliphatic hydroxyl groups is 1. The molecule has 1 aliphatic carbocycles. The summed E-state index contributed by atoms with van der Waals surface area (Å²) in [5.74, 6) is 0. The molecule has 82 valence electrons. The number of nitrogens with zero attached hydrogens (tertiary/aromatic N) is 1. The molecule has 0 aromatic rings. The fourth-order valence-corrected chi connectivity index (χ4v) is 2.68. The predicted molar refractivity (Wildman–Crippen MR) is 57.3 cm³/mol. The Hall–Kier alpha value is -0.120. The van der Waals surface area contributed by atoms with Crippen LogP contribution in [-0.2, 0) is 0 Å². The van der Waals surface area contributed by atoms with E-state index in [-0.39, 0.29) is 6.10 Å². The Balaban J connectivity index is 1.78. The van der Waals surface area contributed by atoms with Crippen LogP contribution in [0.4, 0.5) is 0 Å². The Kier molecular flexibility index (Phi) is 3.42. The molecule has 1 heterocycles. The minimum atomic E-state index is -0.102. The molecular formula is C11H22N2O. The van der Waals surface area contributed by atoms with Gasteiger partial charge in [0, 0.05) is 18.6 Å². The van der Waals surface area contributed by atoms with E-state index in [2.05, 4.69) is 17.3 Å². The lowest BCUT2D eigenvalue weighted by Gasteiger charge is -2.31. The summed E-state index contributed by atoms with van der Waals surface area (Å²) < 4.78 is 0. The molecule has 1 saturated carbocycles. The number of nitrogens with one attached hydrogen (secondary N) is 1. The minimum Gasteiger partial charge on any atom is -0.392 e. The molecular weight excluding hydrogens is 176 g/mol. The summed E-state index contributed by atoms with van der Waals surface area (Å²) >= 11 is 0. The van der Waals surface area contributed by atoms with Crippen LogP contribution in [-0.4, -0.2) is 48.3 Å². The van der Waals surface area contributed by atoms with Gasteiger partial charge in [-0.1, -0.05) is 12.8 Å². The zero-order valence-corrected chi connectivity index (χ0v) is 9.08. The van der Waals surface area contributed by atoms with E-state index < -0.39 is 0 Å². The van der Waals surface area contributed by atoms with Crippen molar-refractivity contribution in [3.05, 3.63) is 0 Å². The molecule has 14 heavy (non-hydrogen) atoms. The summed E-state index contributed by atoms with van der Waals surface area (Å²) in [4.78, 5) is 2.35. The second kappa shape index (κ2) is 4.60. The van der Waals surface area contributed by atoms with E-state index in [4.69, 9.17) is 0 Å². The van der Waals surface area contributed by atoms with Crippen molar-refractivity contribution in [1.82, 2.24) is 10.2 Å². The Morgan fingerprint density at radius 2 is 2.00 bits per heavy atom. The first-order chi connectivity index (χ1) is 6.75. The van der Waals surface area contributed by atoms with Gasteiger partial charge in [-0.15, -0.1) is 0 Å². The third-order valence-electron chi connectivity index (χ3n) is 3.57. The molecule has 1 saturated heterocycles. The zero-order chi connectivity index (χ0) is 9.97. The standard InChI is InChI=1S/C11H22N2O/c1-13-7-6-9(8-13)12-10-4-2-3-5-11(10)14/h9-12,14H,2-8H2,1H3. The van der Waals surface area contributed by atoms with Gasteiger partial charge in [0.1, 0.15) is 0 Å². The van der Waals surface area contributed by atoms with Crippen molar-refractivity contribution in [2.24, 2.45) is 0 Å². The Morgan fingerprint density at radius 3 is 2.64 bits per heavy atom. The average molecular weight is 198 g/mol. The molecule has 1 aliphatic heterocycles. The van der Waals surface area contributed by atoms with Crippen molar-refractivity contribution >= 4 is 0 Å². The van der Waals surface area contributed by atoms with Crippen molar-refractivity contribution in [3.8, 4) is 0 Å². The first kappa shape index (κ1) is 10.4. The molecule has 0 bridgehead atoms. The van der Waals surface area contributed by atoms with Crippen molar-refractivity contribution < 1.29 is 5.11 Å². The summed E-state index contributed by atoms with van der Waals surface area (Å²) in [6, 6.07) is 0.970. The van der Waals surface area contributed by atoms with Crippen molar-refractivity contribution in [1.29, 1.82) is 0 Å². The highest BCUT2D eigenvalue weighted by atomic mass is 16.3. The molecule has 2 N–H and O–H groups in total. The van der Waals surface area contributed by atoms with Crippen LogP contribution in [0.2, 0.25) is 0 Å². The largest absolute Gasteiger partial charge is 0.392 e. The van der Waals surface area contributed by atoms with Gasteiger partial charge in [0.05, 0.1) is 6.10 Å². The molecule has 3 nitrogen and oxygen atoms in total. The van der Waals surface area contributed by atoms with Crippen LogP contribution in [0.5, 0.6) is 0 Å². The van der Waals surface area contributed by atoms with Gasteiger partial charge in [0.25, 0.3) is 0 Å². The van der Waals surface area contributed by atoms with Crippen LogP contribution in [0.1, 0.15) is 32.1 Å². The predicted octanol–water partition coefficient (Wildman–Crippen LogP) is 0.584. The molecule has 2 aliphatic rings. The fourth-order valence-electron chi connectivity index (χ4n) is 2.68. The van der Waals surface area contributed by atoms with Gasteiger partial charge in [-0.25, -0.2) is 0 Å².